The summed E-state index contributed by atoms with van der Waals surface area (Å²) in [6.07, 6.45) is 4.40. The third-order valence-electron chi connectivity index (χ3n) is 2.31. The summed E-state index contributed by atoms with van der Waals surface area (Å²) in [5.41, 5.74) is 0. The lowest BCUT2D eigenvalue weighted by molar-refractivity contribution is 0.109. The van der Waals surface area contributed by atoms with Crippen LogP contribution >= 0.6 is 0 Å². The molecule has 0 aromatic rings. The summed E-state index contributed by atoms with van der Waals surface area (Å²) >= 11 is 0. The van der Waals surface area contributed by atoms with E-state index in [1.165, 1.54) is 12.8 Å². The minimum atomic E-state index is -0.00638. The summed E-state index contributed by atoms with van der Waals surface area (Å²) < 4.78 is 0. The first-order chi connectivity index (χ1) is 4.83. The Bertz CT molecular complexity index is 87.3. The van der Waals surface area contributed by atoms with Crippen molar-refractivity contribution in [3.8, 4) is 0 Å². The van der Waals surface area contributed by atoms with Gasteiger partial charge in [0.25, 0.3) is 0 Å². The molecule has 0 radical (unpaired) electrons. The van der Waals surface area contributed by atoms with Gasteiger partial charge in [-0.05, 0) is 45.2 Å². The van der Waals surface area contributed by atoms with Crippen LogP contribution in [0.5, 0.6) is 0 Å². The number of aliphatic hydroxyl groups is 1. The molecule has 0 aromatic carbocycles. The van der Waals surface area contributed by atoms with Crippen LogP contribution in [0.2, 0.25) is 0 Å². The number of aliphatic hydroxyl groups excluding tert-OH is 1. The average molecular weight is 143 g/mol. The van der Waals surface area contributed by atoms with E-state index < -0.39 is 0 Å². The third kappa shape index (κ3) is 2.27. The summed E-state index contributed by atoms with van der Waals surface area (Å²) in [5, 5.41) is 12.3. The van der Waals surface area contributed by atoms with Crippen LogP contribution in [0.15, 0.2) is 0 Å². The molecule has 0 spiro atoms. The molecule has 10 heavy (non-hydrogen) atoms. The number of rotatable bonds is 2. The van der Waals surface area contributed by atoms with Crippen LogP contribution in [0, 0.1) is 5.92 Å². The highest BCUT2D eigenvalue weighted by Crippen LogP contribution is 2.23. The zero-order valence-corrected chi connectivity index (χ0v) is 6.64. The average Bonchev–Trinajstić information content (AvgIpc) is 1.95. The molecule has 0 bridgehead atoms. The molecule has 1 fully saturated rings. The molecule has 0 aliphatic heterocycles. The molecule has 1 aliphatic carbocycles. The van der Waals surface area contributed by atoms with E-state index in [-0.39, 0.29) is 6.10 Å². The highest BCUT2D eigenvalue weighted by Gasteiger charge is 2.17. The van der Waals surface area contributed by atoms with Gasteiger partial charge in [0, 0.05) is 0 Å². The van der Waals surface area contributed by atoms with Gasteiger partial charge >= 0.3 is 0 Å². The van der Waals surface area contributed by atoms with E-state index in [2.05, 4.69) is 5.32 Å². The second-order valence-corrected chi connectivity index (χ2v) is 3.23. The standard InChI is InChI=1S/C8H17NO/c1-9-6-7-2-4-8(10)5-3-7/h7-10H,2-6H2,1H3/t7-,8+. The minimum Gasteiger partial charge on any atom is -0.393 e. The number of hydrogen-bond donors (Lipinski definition) is 2. The van der Waals surface area contributed by atoms with Crippen LogP contribution in [0.1, 0.15) is 25.7 Å². The molecule has 0 unspecified atom stereocenters. The predicted molar refractivity (Wildman–Crippen MR) is 41.9 cm³/mol. The van der Waals surface area contributed by atoms with E-state index in [9.17, 15) is 5.11 Å². The molecular weight excluding hydrogens is 126 g/mol. The molecule has 1 saturated carbocycles. The SMILES string of the molecule is CNC[C@H]1CC[C@@H](O)CC1. The van der Waals surface area contributed by atoms with Gasteiger partial charge in [0.15, 0.2) is 0 Å². The van der Waals surface area contributed by atoms with Gasteiger partial charge in [-0.1, -0.05) is 0 Å². The topological polar surface area (TPSA) is 32.3 Å². The van der Waals surface area contributed by atoms with E-state index in [0.29, 0.717) is 0 Å². The van der Waals surface area contributed by atoms with Crippen LogP contribution < -0.4 is 5.32 Å². The highest BCUT2D eigenvalue weighted by atomic mass is 16.3. The maximum atomic E-state index is 9.17. The Morgan fingerprint density at radius 2 is 1.90 bits per heavy atom. The van der Waals surface area contributed by atoms with E-state index in [1.54, 1.807) is 0 Å². The molecule has 60 valence electrons. The summed E-state index contributed by atoms with van der Waals surface area (Å²) in [7, 11) is 1.99. The van der Waals surface area contributed by atoms with Crippen LogP contribution in [0.4, 0.5) is 0 Å². The number of hydrogen-bond acceptors (Lipinski definition) is 2. The van der Waals surface area contributed by atoms with Gasteiger partial charge in [0.2, 0.25) is 0 Å². The van der Waals surface area contributed by atoms with Crippen molar-refractivity contribution in [1.82, 2.24) is 5.32 Å². The Kier molecular flexibility index (Phi) is 3.16. The van der Waals surface area contributed by atoms with Crippen molar-refractivity contribution in [2.45, 2.75) is 31.8 Å². The largest absolute Gasteiger partial charge is 0.393 e. The van der Waals surface area contributed by atoms with Gasteiger partial charge in [-0.15, -0.1) is 0 Å². The zero-order valence-electron chi connectivity index (χ0n) is 6.64. The van der Waals surface area contributed by atoms with Crippen molar-refractivity contribution in [2.24, 2.45) is 5.92 Å². The Balaban J connectivity index is 2.13. The summed E-state index contributed by atoms with van der Waals surface area (Å²) in [6, 6.07) is 0. The van der Waals surface area contributed by atoms with Crippen LogP contribution in [-0.2, 0) is 0 Å². The highest BCUT2D eigenvalue weighted by molar-refractivity contribution is 4.72. The van der Waals surface area contributed by atoms with E-state index in [4.69, 9.17) is 0 Å². The Labute approximate surface area is 62.6 Å². The molecule has 0 amide bonds. The van der Waals surface area contributed by atoms with Crippen molar-refractivity contribution in [1.29, 1.82) is 0 Å². The van der Waals surface area contributed by atoms with Gasteiger partial charge in [-0.2, -0.15) is 0 Å². The molecule has 2 nitrogen and oxygen atoms in total. The second-order valence-electron chi connectivity index (χ2n) is 3.23. The molecule has 0 atom stereocenters. The van der Waals surface area contributed by atoms with Crippen molar-refractivity contribution < 1.29 is 5.11 Å². The van der Waals surface area contributed by atoms with Gasteiger partial charge in [-0.25, -0.2) is 0 Å². The van der Waals surface area contributed by atoms with Crippen LogP contribution in [-0.4, -0.2) is 24.8 Å². The Morgan fingerprint density at radius 1 is 1.30 bits per heavy atom. The molecule has 2 N–H and O–H groups in total. The first-order valence-corrected chi connectivity index (χ1v) is 4.15. The van der Waals surface area contributed by atoms with Gasteiger partial charge in [-0.3, -0.25) is 0 Å². The maximum Gasteiger partial charge on any atom is 0.0540 e. The van der Waals surface area contributed by atoms with E-state index in [1.807, 2.05) is 7.05 Å². The molecule has 0 saturated heterocycles. The first-order valence-electron chi connectivity index (χ1n) is 4.15. The van der Waals surface area contributed by atoms with Crippen molar-refractivity contribution in [2.75, 3.05) is 13.6 Å². The molecule has 0 heterocycles. The van der Waals surface area contributed by atoms with Gasteiger partial charge < -0.3 is 10.4 Å². The molecule has 1 aliphatic rings. The van der Waals surface area contributed by atoms with Crippen molar-refractivity contribution in [3.05, 3.63) is 0 Å². The second kappa shape index (κ2) is 3.94. The molecular formula is C8H17NO. The Hall–Kier alpha value is -0.0800. The molecule has 0 aromatic heterocycles. The lowest BCUT2D eigenvalue weighted by atomic mass is 9.87. The fourth-order valence-electron chi connectivity index (χ4n) is 1.64. The fraction of sp³-hybridized carbons (Fsp3) is 1.00. The van der Waals surface area contributed by atoms with Crippen molar-refractivity contribution >= 4 is 0 Å². The molecule has 1 rings (SSSR count). The summed E-state index contributed by atoms with van der Waals surface area (Å²) in [5.74, 6) is 0.813. The van der Waals surface area contributed by atoms with Crippen molar-refractivity contribution in [3.63, 3.8) is 0 Å². The molecule has 2 heteroatoms. The predicted octanol–water partition coefficient (Wildman–Crippen LogP) is 0.757. The monoisotopic (exact) mass is 143 g/mol. The first kappa shape index (κ1) is 8.02. The lowest BCUT2D eigenvalue weighted by Gasteiger charge is -2.24. The van der Waals surface area contributed by atoms with Crippen LogP contribution in [0.25, 0.3) is 0 Å². The fourth-order valence-corrected chi connectivity index (χ4v) is 1.64. The third-order valence-corrected chi connectivity index (χ3v) is 2.31. The summed E-state index contributed by atoms with van der Waals surface area (Å²) in [6.45, 7) is 1.12. The minimum absolute atomic E-state index is 0.00638. The number of nitrogens with one attached hydrogen (secondary N) is 1. The smallest absolute Gasteiger partial charge is 0.0540 e. The quantitative estimate of drug-likeness (QED) is 0.598. The van der Waals surface area contributed by atoms with Gasteiger partial charge in [0.1, 0.15) is 0 Å². The maximum absolute atomic E-state index is 9.17. The van der Waals surface area contributed by atoms with Gasteiger partial charge in [0.05, 0.1) is 6.10 Å². The Morgan fingerprint density at radius 3 is 2.40 bits per heavy atom. The van der Waals surface area contributed by atoms with Crippen LogP contribution in [0.3, 0.4) is 0 Å². The van der Waals surface area contributed by atoms with E-state index in [0.717, 1.165) is 25.3 Å². The zero-order chi connectivity index (χ0) is 7.40. The summed E-state index contributed by atoms with van der Waals surface area (Å²) in [4.78, 5) is 0. The van der Waals surface area contributed by atoms with E-state index >= 15 is 0 Å². The normalized spacial score (nSPS) is 34.2. The lowest BCUT2D eigenvalue weighted by Crippen LogP contribution is -2.25.